The molecule has 0 saturated carbocycles. The average Bonchev–Trinajstić information content (AvgIpc) is 2.81. The van der Waals surface area contributed by atoms with Gasteiger partial charge in [0.2, 0.25) is 5.75 Å². The molecule has 10 nitrogen and oxygen atoms in total. The third kappa shape index (κ3) is 6.89. The number of nitrogens with one attached hydrogen (secondary N) is 3. The normalized spacial score (nSPS) is 10.3. The number of urea groups is 1. The molecule has 5 N–H and O–H groups in total. The van der Waals surface area contributed by atoms with Crippen molar-refractivity contribution in [3.63, 3.8) is 0 Å². The van der Waals surface area contributed by atoms with E-state index in [0.717, 1.165) is 16.2 Å². The largest absolute Gasteiger partial charge is 0.365 e. The molecule has 1 aromatic heterocycles. The zero-order valence-corrected chi connectivity index (χ0v) is 21.1. The summed E-state index contributed by atoms with van der Waals surface area (Å²) in [4.78, 5) is 46.6. The number of hydrogen-bond acceptors (Lipinski definition) is 7. The lowest BCUT2D eigenvalue weighted by atomic mass is 10.2. The molecule has 0 radical (unpaired) electrons. The molecule has 1 heterocycles. The maximum atomic E-state index is 14.4. The summed E-state index contributed by atoms with van der Waals surface area (Å²) < 4.78 is 16.1. The number of thiocarbonyl (C=S) groups is 1. The molecule has 13 heteroatoms. The zero-order valence-electron chi connectivity index (χ0n) is 18.1. The van der Waals surface area contributed by atoms with Crippen LogP contribution in [0.5, 0.6) is 5.75 Å². The summed E-state index contributed by atoms with van der Waals surface area (Å²) in [6, 6.07) is 13.8. The summed E-state index contributed by atoms with van der Waals surface area (Å²) in [5.74, 6) is -2.13. The molecule has 2 aromatic carbocycles. The predicted octanol–water partition coefficient (Wildman–Crippen LogP) is 3.07. The first-order valence-corrected chi connectivity index (χ1v) is 11.4. The van der Waals surface area contributed by atoms with Crippen LogP contribution >= 0.6 is 34.8 Å². The quantitative estimate of drug-likeness (QED) is 0.140. The van der Waals surface area contributed by atoms with Crippen LogP contribution in [0.4, 0.5) is 20.7 Å². The van der Waals surface area contributed by atoms with E-state index in [1.165, 1.54) is 19.2 Å². The molecule has 0 aliphatic rings. The summed E-state index contributed by atoms with van der Waals surface area (Å²) >= 11 is 6.85. The van der Waals surface area contributed by atoms with Crippen molar-refractivity contribution in [3.8, 4) is 5.75 Å². The van der Waals surface area contributed by atoms with Crippen molar-refractivity contribution in [1.29, 1.82) is 0 Å². The summed E-state index contributed by atoms with van der Waals surface area (Å²) in [5.41, 5.74) is 5.42. The SMILES string of the molecule is Cn1c(Nc2ccc(I)cc2F)c(C(N)=O)c(OOC(=S)NC(=O)NCc2ccccc2)cc1=O. The number of benzene rings is 2. The second-order valence-electron chi connectivity index (χ2n) is 6.99. The van der Waals surface area contributed by atoms with Gasteiger partial charge in [-0.25, -0.2) is 9.18 Å². The Kier molecular flexibility index (Phi) is 8.59. The van der Waals surface area contributed by atoms with Crippen LogP contribution < -0.4 is 32.1 Å². The Hall–Kier alpha value is -3.72. The molecule has 3 rings (SSSR count). The number of carbonyl (C=O) groups is 2. The second-order valence-corrected chi connectivity index (χ2v) is 8.61. The van der Waals surface area contributed by atoms with Crippen LogP contribution in [-0.4, -0.2) is 21.7 Å². The molecule has 0 aliphatic heterocycles. The molecular formula is C22H19FIN5O5S. The molecule has 3 amide bonds. The van der Waals surface area contributed by atoms with Gasteiger partial charge in [0.15, 0.2) is 0 Å². The van der Waals surface area contributed by atoms with E-state index in [-0.39, 0.29) is 29.4 Å². The number of primary amides is 1. The number of pyridine rings is 1. The predicted molar refractivity (Wildman–Crippen MR) is 139 cm³/mol. The van der Waals surface area contributed by atoms with Gasteiger partial charge in [-0.2, -0.15) is 0 Å². The number of nitrogens with zero attached hydrogens (tertiary/aromatic N) is 1. The zero-order chi connectivity index (χ0) is 25.5. The first-order valence-electron chi connectivity index (χ1n) is 9.89. The summed E-state index contributed by atoms with van der Waals surface area (Å²) in [7, 11) is 1.36. The lowest BCUT2D eigenvalue weighted by Gasteiger charge is -2.17. The van der Waals surface area contributed by atoms with Gasteiger partial charge in [0.25, 0.3) is 11.5 Å². The van der Waals surface area contributed by atoms with Gasteiger partial charge < -0.3 is 16.4 Å². The Bertz CT molecular complexity index is 1340. The third-order valence-corrected chi connectivity index (χ3v) is 5.39. The number of aromatic nitrogens is 1. The van der Waals surface area contributed by atoms with Crippen LogP contribution in [-0.2, 0) is 18.5 Å². The average molecular weight is 611 g/mol. The van der Waals surface area contributed by atoms with Crippen molar-refractivity contribution in [2.45, 2.75) is 6.54 Å². The summed E-state index contributed by atoms with van der Waals surface area (Å²) in [5, 5.41) is 7.00. The number of anilines is 2. The van der Waals surface area contributed by atoms with Crippen LogP contribution in [0.3, 0.4) is 0 Å². The van der Waals surface area contributed by atoms with Crippen LogP contribution in [0.2, 0.25) is 0 Å². The first kappa shape index (κ1) is 25.9. The molecule has 0 atom stereocenters. The van der Waals surface area contributed by atoms with E-state index in [1.807, 2.05) is 52.9 Å². The van der Waals surface area contributed by atoms with Gasteiger partial charge in [0, 0.05) is 17.2 Å². The molecule has 0 fully saturated rings. The second kappa shape index (κ2) is 11.6. The third-order valence-electron chi connectivity index (χ3n) is 4.55. The van der Waals surface area contributed by atoms with Crippen LogP contribution in [0.25, 0.3) is 0 Å². The monoisotopic (exact) mass is 611 g/mol. The minimum atomic E-state index is -0.993. The molecule has 182 valence electrons. The van der Waals surface area contributed by atoms with Crippen LogP contribution in [0, 0.1) is 9.39 Å². The Morgan fingerprint density at radius 3 is 2.54 bits per heavy atom. The summed E-state index contributed by atoms with van der Waals surface area (Å²) in [6.45, 7) is 0.237. The minimum absolute atomic E-state index is 0.00624. The molecule has 35 heavy (non-hydrogen) atoms. The van der Waals surface area contributed by atoms with Crippen molar-refractivity contribution < 1.29 is 23.8 Å². The fraction of sp³-hybridized carbons (Fsp3) is 0.0909. The number of hydrogen-bond donors (Lipinski definition) is 4. The fourth-order valence-corrected chi connectivity index (χ4v) is 3.44. The van der Waals surface area contributed by atoms with Gasteiger partial charge in [-0.15, -0.1) is 0 Å². The van der Waals surface area contributed by atoms with Crippen molar-refractivity contribution in [1.82, 2.24) is 15.2 Å². The van der Waals surface area contributed by atoms with Gasteiger partial charge in [-0.05, 0) is 58.6 Å². The van der Waals surface area contributed by atoms with E-state index >= 15 is 0 Å². The maximum absolute atomic E-state index is 14.4. The molecule has 0 saturated heterocycles. The van der Waals surface area contributed by atoms with E-state index in [2.05, 4.69) is 16.0 Å². The van der Waals surface area contributed by atoms with E-state index in [0.29, 0.717) is 3.57 Å². The highest BCUT2D eigenvalue weighted by Crippen LogP contribution is 2.28. The van der Waals surface area contributed by atoms with Crippen LogP contribution in [0.15, 0.2) is 59.4 Å². The van der Waals surface area contributed by atoms with Gasteiger partial charge >= 0.3 is 11.2 Å². The number of halogens is 2. The lowest BCUT2D eigenvalue weighted by molar-refractivity contribution is -0.117. The molecule has 3 aromatic rings. The summed E-state index contributed by atoms with van der Waals surface area (Å²) in [6.07, 6.45) is 0. The van der Waals surface area contributed by atoms with E-state index < -0.39 is 28.5 Å². The number of carbonyl (C=O) groups excluding carboxylic acids is 2. The maximum Gasteiger partial charge on any atom is 0.322 e. The molecule has 0 bridgehead atoms. The van der Waals surface area contributed by atoms with Crippen LogP contribution in [0.1, 0.15) is 15.9 Å². The van der Waals surface area contributed by atoms with Crippen molar-refractivity contribution in [3.05, 3.63) is 85.5 Å². The van der Waals surface area contributed by atoms with Gasteiger partial charge in [-0.1, -0.05) is 30.3 Å². The van der Waals surface area contributed by atoms with Crippen molar-refractivity contribution >= 4 is 63.4 Å². The molecule has 0 unspecified atom stereocenters. The molecule has 0 aliphatic carbocycles. The van der Waals surface area contributed by atoms with E-state index in [1.54, 1.807) is 6.07 Å². The van der Waals surface area contributed by atoms with Gasteiger partial charge in [0.05, 0.1) is 11.8 Å². The first-order chi connectivity index (χ1) is 16.7. The Morgan fingerprint density at radius 1 is 1.17 bits per heavy atom. The van der Waals surface area contributed by atoms with E-state index in [4.69, 9.17) is 27.7 Å². The van der Waals surface area contributed by atoms with Gasteiger partial charge in [0.1, 0.15) is 17.2 Å². The number of nitrogens with two attached hydrogens (primary N) is 1. The highest BCUT2D eigenvalue weighted by atomic mass is 127. The smallest absolute Gasteiger partial charge is 0.322 e. The Balaban J connectivity index is 1.74. The topological polar surface area (TPSA) is 137 Å². The lowest BCUT2D eigenvalue weighted by Crippen LogP contribution is -2.39. The molecular weight excluding hydrogens is 592 g/mol. The van der Waals surface area contributed by atoms with E-state index in [9.17, 15) is 18.8 Å². The Morgan fingerprint density at radius 2 is 1.89 bits per heavy atom. The number of rotatable bonds is 7. The van der Waals surface area contributed by atoms with Crippen molar-refractivity contribution in [2.75, 3.05) is 5.32 Å². The Labute approximate surface area is 217 Å². The fourth-order valence-electron chi connectivity index (χ4n) is 2.86. The van der Waals surface area contributed by atoms with Crippen molar-refractivity contribution in [2.24, 2.45) is 12.8 Å². The highest BCUT2D eigenvalue weighted by molar-refractivity contribution is 14.1. The molecule has 0 spiro atoms. The minimum Gasteiger partial charge on any atom is -0.365 e. The van der Waals surface area contributed by atoms with Gasteiger partial charge in [-0.3, -0.25) is 29.2 Å². The number of amides is 3. The highest BCUT2D eigenvalue weighted by Gasteiger charge is 2.23. The standard InChI is InChI=1S/C22H19FIN5O5S/c1-29-17(30)10-16(18(19(25)31)20(29)27-15-8-7-13(24)9-14(15)23)33-34-22(35)28-21(32)26-11-12-5-3-2-4-6-12/h2-10,27H,11H2,1H3,(H2,25,31)(H2,26,28,32,35).